The highest BCUT2D eigenvalue weighted by Crippen LogP contribution is 2.30. The molecule has 0 bridgehead atoms. The molecule has 4 nitrogen and oxygen atoms in total. The molecule has 0 amide bonds. The Kier molecular flexibility index (Phi) is 5.72. The predicted molar refractivity (Wildman–Crippen MR) is 76.9 cm³/mol. The van der Waals surface area contributed by atoms with Crippen LogP contribution in [0.2, 0.25) is 0 Å². The van der Waals surface area contributed by atoms with Crippen LogP contribution >= 0.6 is 12.2 Å². The van der Waals surface area contributed by atoms with E-state index in [0.29, 0.717) is 5.92 Å². The van der Waals surface area contributed by atoms with Crippen molar-refractivity contribution in [1.29, 1.82) is 0 Å². The van der Waals surface area contributed by atoms with Gasteiger partial charge in [-0.15, -0.1) is 0 Å². The molecular weight excluding hydrogens is 248 g/mol. The summed E-state index contributed by atoms with van der Waals surface area (Å²) >= 11 is 5.37. The molecule has 18 heavy (non-hydrogen) atoms. The van der Waals surface area contributed by atoms with E-state index in [0.717, 1.165) is 36.5 Å². The van der Waals surface area contributed by atoms with Crippen LogP contribution in [0.5, 0.6) is 0 Å². The van der Waals surface area contributed by atoms with Crippen LogP contribution in [0.25, 0.3) is 0 Å². The van der Waals surface area contributed by atoms with Crippen molar-refractivity contribution in [2.45, 2.75) is 32.6 Å². The molecule has 1 aliphatic rings. The minimum absolute atomic E-state index is 0.0491. The van der Waals surface area contributed by atoms with E-state index < -0.39 is 0 Å². The summed E-state index contributed by atoms with van der Waals surface area (Å²) in [6.45, 7) is 1.95. The molecule has 1 saturated carbocycles. The molecular formula is C13H22N2O2S. The predicted octanol–water partition coefficient (Wildman–Crippen LogP) is 2.27. The van der Waals surface area contributed by atoms with Crippen molar-refractivity contribution in [3.8, 4) is 0 Å². The Morgan fingerprint density at radius 1 is 1.22 bits per heavy atom. The Morgan fingerprint density at radius 2 is 1.72 bits per heavy atom. The first kappa shape index (κ1) is 15.1. The van der Waals surface area contributed by atoms with E-state index >= 15 is 0 Å². The first-order chi connectivity index (χ1) is 8.45. The fourth-order valence-corrected chi connectivity index (χ4v) is 2.46. The molecule has 1 aliphatic carbocycles. The molecule has 0 aromatic carbocycles. The molecule has 0 saturated heterocycles. The molecule has 0 radical (unpaired) electrons. The number of hydrogen-bond acceptors (Lipinski definition) is 3. The zero-order valence-corrected chi connectivity index (χ0v) is 12.4. The van der Waals surface area contributed by atoms with Gasteiger partial charge in [0.05, 0.1) is 13.0 Å². The van der Waals surface area contributed by atoms with E-state index in [1.54, 1.807) is 0 Å². The third-order valence-corrected chi connectivity index (χ3v) is 3.95. The van der Waals surface area contributed by atoms with Crippen LogP contribution < -0.4 is 0 Å². The smallest absolute Gasteiger partial charge is 0.308 e. The van der Waals surface area contributed by atoms with Crippen molar-refractivity contribution in [1.82, 2.24) is 4.90 Å². The van der Waals surface area contributed by atoms with Gasteiger partial charge < -0.3 is 9.64 Å². The number of hydrogen-bond donors (Lipinski definition) is 0. The molecule has 102 valence electrons. The van der Waals surface area contributed by atoms with Crippen molar-refractivity contribution < 1.29 is 9.53 Å². The summed E-state index contributed by atoms with van der Waals surface area (Å²) in [4.78, 5) is 18.6. The molecule has 0 N–H and O–H groups in total. The summed E-state index contributed by atoms with van der Waals surface area (Å²) in [6.07, 6.45) is 3.58. The minimum Gasteiger partial charge on any atom is -0.469 e. The van der Waals surface area contributed by atoms with Crippen LogP contribution in [0.4, 0.5) is 0 Å². The Labute approximate surface area is 114 Å². The Morgan fingerprint density at radius 3 is 2.17 bits per heavy atom. The summed E-state index contributed by atoms with van der Waals surface area (Å²) < 4.78 is 4.78. The number of aliphatic imine (C=N–C) groups is 1. The summed E-state index contributed by atoms with van der Waals surface area (Å²) in [5, 5.41) is 0. The Balaban J connectivity index is 2.51. The summed E-state index contributed by atoms with van der Waals surface area (Å²) in [6, 6.07) is 0. The van der Waals surface area contributed by atoms with Gasteiger partial charge in [0.15, 0.2) is 0 Å². The molecule has 1 rings (SSSR count). The minimum atomic E-state index is -0.0904. The molecule has 1 fully saturated rings. The quantitative estimate of drug-likeness (QED) is 0.334. The molecule has 0 aromatic rings. The topological polar surface area (TPSA) is 41.9 Å². The van der Waals surface area contributed by atoms with Gasteiger partial charge in [0, 0.05) is 20.0 Å². The van der Waals surface area contributed by atoms with E-state index in [4.69, 9.17) is 17.0 Å². The fourth-order valence-electron chi connectivity index (χ4n) is 2.09. The lowest BCUT2D eigenvalue weighted by Gasteiger charge is -2.26. The molecule has 0 aliphatic heterocycles. The highest BCUT2D eigenvalue weighted by molar-refractivity contribution is 7.80. The highest BCUT2D eigenvalue weighted by atomic mass is 32.1. The maximum Gasteiger partial charge on any atom is 0.308 e. The highest BCUT2D eigenvalue weighted by Gasteiger charge is 2.28. The van der Waals surface area contributed by atoms with Gasteiger partial charge in [-0.3, -0.25) is 4.79 Å². The van der Waals surface area contributed by atoms with E-state index in [1.807, 2.05) is 25.9 Å². The van der Waals surface area contributed by atoms with Crippen molar-refractivity contribution >= 4 is 29.0 Å². The zero-order valence-electron chi connectivity index (χ0n) is 11.6. The number of carbonyl (C=O) groups is 1. The third-order valence-electron chi connectivity index (χ3n) is 3.53. The molecule has 0 aromatic heterocycles. The lowest BCUT2D eigenvalue weighted by molar-refractivity contribution is -0.146. The summed E-state index contributed by atoms with van der Waals surface area (Å²) in [5.74, 6) is 1.21. The van der Waals surface area contributed by atoms with Crippen molar-refractivity contribution in [3.05, 3.63) is 0 Å². The maximum atomic E-state index is 11.4. The molecule has 5 heteroatoms. The van der Waals surface area contributed by atoms with Gasteiger partial charge >= 0.3 is 5.97 Å². The standard InChI is InChI=1S/C13H22N2O2S/c1-9(15(2)3)14-12(18)10-5-7-11(8-6-10)13(16)17-4/h10-11H,5-8H2,1-4H3. The Bertz CT molecular complexity index is 345. The van der Waals surface area contributed by atoms with Gasteiger partial charge in [-0.1, -0.05) is 12.2 Å². The number of thiocarbonyl (C=S) groups is 1. The molecule has 0 atom stereocenters. The number of amidine groups is 1. The van der Waals surface area contributed by atoms with Crippen molar-refractivity contribution in [3.63, 3.8) is 0 Å². The second-order valence-corrected chi connectivity index (χ2v) is 5.38. The first-order valence-corrected chi connectivity index (χ1v) is 6.70. The van der Waals surface area contributed by atoms with Crippen molar-refractivity contribution in [2.75, 3.05) is 21.2 Å². The molecule has 0 spiro atoms. The average molecular weight is 270 g/mol. The number of ether oxygens (including phenoxy) is 1. The van der Waals surface area contributed by atoms with Gasteiger partial charge in [-0.2, -0.15) is 0 Å². The number of carbonyl (C=O) groups excluding carboxylic acids is 1. The number of esters is 1. The normalized spacial score (nSPS) is 24.6. The van der Waals surface area contributed by atoms with Crippen LogP contribution in [0.1, 0.15) is 32.6 Å². The van der Waals surface area contributed by atoms with E-state index in [1.165, 1.54) is 7.11 Å². The van der Waals surface area contributed by atoms with Gasteiger partial charge in [0.1, 0.15) is 10.8 Å². The van der Waals surface area contributed by atoms with E-state index in [9.17, 15) is 4.79 Å². The van der Waals surface area contributed by atoms with Crippen LogP contribution in [-0.4, -0.2) is 42.9 Å². The third kappa shape index (κ3) is 4.05. The van der Waals surface area contributed by atoms with Crippen LogP contribution in [0.3, 0.4) is 0 Å². The number of rotatable bonds is 2. The number of methoxy groups -OCH3 is 1. The van der Waals surface area contributed by atoms with E-state index in [-0.39, 0.29) is 11.9 Å². The van der Waals surface area contributed by atoms with Crippen LogP contribution in [0, 0.1) is 11.8 Å². The number of nitrogens with zero attached hydrogens (tertiary/aromatic N) is 2. The SMILES string of the molecule is COC(=O)C1CCC(C(=S)N=C(C)N(C)C)CC1. The fraction of sp³-hybridized carbons (Fsp3) is 0.769. The monoisotopic (exact) mass is 270 g/mol. The lowest BCUT2D eigenvalue weighted by atomic mass is 9.82. The van der Waals surface area contributed by atoms with Crippen LogP contribution in [0.15, 0.2) is 4.99 Å². The second-order valence-electron chi connectivity index (χ2n) is 4.96. The maximum absolute atomic E-state index is 11.4. The van der Waals surface area contributed by atoms with Gasteiger partial charge in [-0.25, -0.2) is 4.99 Å². The zero-order chi connectivity index (χ0) is 13.7. The lowest BCUT2D eigenvalue weighted by Crippen LogP contribution is -2.27. The van der Waals surface area contributed by atoms with Crippen LogP contribution in [-0.2, 0) is 9.53 Å². The summed E-state index contributed by atoms with van der Waals surface area (Å²) in [5.41, 5.74) is 0. The largest absolute Gasteiger partial charge is 0.469 e. The molecule has 0 heterocycles. The van der Waals surface area contributed by atoms with Gasteiger partial charge in [0.25, 0.3) is 0 Å². The van der Waals surface area contributed by atoms with Gasteiger partial charge in [0.2, 0.25) is 0 Å². The average Bonchev–Trinajstić information content (AvgIpc) is 2.37. The summed E-state index contributed by atoms with van der Waals surface area (Å²) in [7, 11) is 5.36. The van der Waals surface area contributed by atoms with Gasteiger partial charge in [-0.05, 0) is 32.6 Å². The van der Waals surface area contributed by atoms with E-state index in [2.05, 4.69) is 4.99 Å². The Hall–Kier alpha value is -0.970. The first-order valence-electron chi connectivity index (χ1n) is 6.30. The molecule has 0 unspecified atom stereocenters. The van der Waals surface area contributed by atoms with Crippen molar-refractivity contribution in [2.24, 2.45) is 16.8 Å². The second kappa shape index (κ2) is 6.83.